The normalized spacial score (nSPS) is 11.2. The van der Waals surface area contributed by atoms with Gasteiger partial charge in [-0.05, 0) is 20.3 Å². The SMILES string of the molecule is CCCCCN(c1c(F)c(F)nc(F)c1F)C(C)C. The summed E-state index contributed by atoms with van der Waals surface area (Å²) in [5.41, 5.74) is -0.670. The molecule has 0 aliphatic rings. The summed E-state index contributed by atoms with van der Waals surface area (Å²) >= 11 is 0. The van der Waals surface area contributed by atoms with Crippen molar-refractivity contribution < 1.29 is 17.6 Å². The molecule has 0 aliphatic carbocycles. The maximum Gasteiger partial charge on any atom is 0.253 e. The minimum Gasteiger partial charge on any atom is -0.364 e. The first-order valence-electron chi connectivity index (χ1n) is 6.36. The van der Waals surface area contributed by atoms with Gasteiger partial charge in [0.05, 0.1) is 0 Å². The number of halogens is 4. The summed E-state index contributed by atoms with van der Waals surface area (Å²) in [5.74, 6) is -6.11. The first-order valence-corrected chi connectivity index (χ1v) is 6.36. The van der Waals surface area contributed by atoms with Crippen molar-refractivity contribution in [3.63, 3.8) is 0 Å². The smallest absolute Gasteiger partial charge is 0.253 e. The lowest BCUT2D eigenvalue weighted by Gasteiger charge is -2.29. The summed E-state index contributed by atoms with van der Waals surface area (Å²) in [7, 11) is 0. The molecule has 0 aliphatic heterocycles. The molecule has 0 unspecified atom stereocenters. The summed E-state index contributed by atoms with van der Waals surface area (Å²) in [4.78, 5) is 3.89. The van der Waals surface area contributed by atoms with Crippen LogP contribution < -0.4 is 4.90 Å². The molecule has 108 valence electrons. The maximum atomic E-state index is 13.7. The molecule has 0 fully saturated rings. The van der Waals surface area contributed by atoms with Crippen molar-refractivity contribution in [1.82, 2.24) is 4.98 Å². The third kappa shape index (κ3) is 3.58. The van der Waals surface area contributed by atoms with Gasteiger partial charge in [0.25, 0.3) is 11.9 Å². The van der Waals surface area contributed by atoms with Crippen LogP contribution in [-0.4, -0.2) is 17.6 Å². The van der Waals surface area contributed by atoms with Gasteiger partial charge in [0.1, 0.15) is 5.69 Å². The van der Waals surface area contributed by atoms with Gasteiger partial charge in [0.2, 0.25) is 11.6 Å². The van der Waals surface area contributed by atoms with Crippen molar-refractivity contribution in [2.24, 2.45) is 0 Å². The highest BCUT2D eigenvalue weighted by molar-refractivity contribution is 5.49. The molecule has 1 rings (SSSR count). The van der Waals surface area contributed by atoms with Gasteiger partial charge >= 0.3 is 0 Å². The molecule has 0 amide bonds. The van der Waals surface area contributed by atoms with Gasteiger partial charge < -0.3 is 4.90 Å². The zero-order valence-corrected chi connectivity index (χ0v) is 11.3. The Morgan fingerprint density at radius 3 is 1.95 bits per heavy atom. The number of anilines is 1. The zero-order valence-electron chi connectivity index (χ0n) is 11.3. The van der Waals surface area contributed by atoms with Crippen LogP contribution in [0.1, 0.15) is 40.0 Å². The molecule has 1 aromatic rings. The number of aromatic nitrogens is 1. The second-order valence-corrected chi connectivity index (χ2v) is 4.66. The van der Waals surface area contributed by atoms with Crippen LogP contribution in [-0.2, 0) is 0 Å². The lowest BCUT2D eigenvalue weighted by Crippen LogP contribution is -2.34. The van der Waals surface area contributed by atoms with E-state index >= 15 is 0 Å². The van der Waals surface area contributed by atoms with Crippen LogP contribution in [0.3, 0.4) is 0 Å². The van der Waals surface area contributed by atoms with Crippen molar-refractivity contribution in [3.8, 4) is 0 Å². The molecule has 0 radical (unpaired) electrons. The molecule has 6 heteroatoms. The fourth-order valence-electron chi connectivity index (χ4n) is 1.89. The van der Waals surface area contributed by atoms with E-state index < -0.39 is 29.2 Å². The molecule has 0 atom stereocenters. The van der Waals surface area contributed by atoms with E-state index in [1.807, 2.05) is 6.92 Å². The highest BCUT2D eigenvalue weighted by Crippen LogP contribution is 2.28. The summed E-state index contributed by atoms with van der Waals surface area (Å²) in [6, 6.07) is -0.276. The third-order valence-electron chi connectivity index (χ3n) is 2.89. The van der Waals surface area contributed by atoms with E-state index in [2.05, 4.69) is 4.98 Å². The van der Waals surface area contributed by atoms with Gasteiger partial charge in [-0.15, -0.1) is 0 Å². The van der Waals surface area contributed by atoms with Crippen LogP contribution in [0.5, 0.6) is 0 Å². The Morgan fingerprint density at radius 2 is 1.53 bits per heavy atom. The van der Waals surface area contributed by atoms with Crippen molar-refractivity contribution in [2.45, 2.75) is 46.1 Å². The third-order valence-corrected chi connectivity index (χ3v) is 2.89. The van der Waals surface area contributed by atoms with E-state index in [1.165, 1.54) is 4.90 Å². The Balaban J connectivity index is 3.15. The fraction of sp³-hybridized carbons (Fsp3) is 0.615. The van der Waals surface area contributed by atoms with E-state index in [1.54, 1.807) is 13.8 Å². The van der Waals surface area contributed by atoms with Crippen LogP contribution in [0.2, 0.25) is 0 Å². The Hall–Kier alpha value is -1.33. The van der Waals surface area contributed by atoms with Gasteiger partial charge in [-0.2, -0.15) is 22.5 Å². The highest BCUT2D eigenvalue weighted by Gasteiger charge is 2.26. The summed E-state index contributed by atoms with van der Waals surface area (Å²) in [6.07, 6.45) is 2.51. The lowest BCUT2D eigenvalue weighted by atomic mass is 10.2. The number of unbranched alkanes of at least 4 members (excludes halogenated alkanes) is 2. The van der Waals surface area contributed by atoms with Crippen molar-refractivity contribution in [3.05, 3.63) is 23.5 Å². The van der Waals surface area contributed by atoms with Crippen LogP contribution >= 0.6 is 0 Å². The fourth-order valence-corrected chi connectivity index (χ4v) is 1.89. The van der Waals surface area contributed by atoms with Gasteiger partial charge in [0.15, 0.2) is 0 Å². The van der Waals surface area contributed by atoms with Gasteiger partial charge in [0, 0.05) is 12.6 Å². The Morgan fingerprint density at radius 1 is 1.00 bits per heavy atom. The number of hydrogen-bond acceptors (Lipinski definition) is 2. The molecule has 2 nitrogen and oxygen atoms in total. The Labute approximate surface area is 110 Å². The number of hydrogen-bond donors (Lipinski definition) is 0. The quantitative estimate of drug-likeness (QED) is 0.443. The largest absolute Gasteiger partial charge is 0.364 e. The van der Waals surface area contributed by atoms with Crippen LogP contribution in [0.25, 0.3) is 0 Å². The summed E-state index contributed by atoms with van der Waals surface area (Å²) in [5, 5.41) is 0. The molecule has 0 N–H and O–H groups in total. The molecule has 19 heavy (non-hydrogen) atoms. The van der Waals surface area contributed by atoms with Crippen molar-refractivity contribution in [1.29, 1.82) is 0 Å². The maximum absolute atomic E-state index is 13.7. The predicted octanol–water partition coefficient (Wildman–Crippen LogP) is 4.04. The number of nitrogens with zero attached hydrogens (tertiary/aromatic N) is 2. The van der Waals surface area contributed by atoms with Crippen molar-refractivity contribution >= 4 is 5.69 Å². The summed E-state index contributed by atoms with van der Waals surface area (Å²) in [6.45, 7) is 5.75. The second kappa shape index (κ2) is 6.73. The van der Waals surface area contributed by atoms with Gasteiger partial charge in [-0.1, -0.05) is 19.8 Å². The van der Waals surface area contributed by atoms with Crippen LogP contribution in [0.15, 0.2) is 0 Å². The molecule has 0 saturated heterocycles. The lowest BCUT2D eigenvalue weighted by molar-refractivity contribution is 0.402. The molecule has 1 heterocycles. The van der Waals surface area contributed by atoms with Crippen LogP contribution in [0.4, 0.5) is 23.2 Å². The standard InChI is InChI=1S/C13H18F4N2/c1-4-5-6-7-19(8(2)3)11-9(14)12(16)18-13(17)10(11)15/h8H,4-7H2,1-3H3. The van der Waals surface area contributed by atoms with Gasteiger partial charge in [-0.3, -0.25) is 0 Å². The molecule has 1 aromatic heterocycles. The van der Waals surface area contributed by atoms with E-state index in [-0.39, 0.29) is 6.04 Å². The second-order valence-electron chi connectivity index (χ2n) is 4.66. The molecular formula is C13H18F4N2. The van der Waals surface area contributed by atoms with Crippen molar-refractivity contribution in [2.75, 3.05) is 11.4 Å². The predicted molar refractivity (Wildman–Crippen MR) is 66.1 cm³/mol. The molecule has 0 spiro atoms. The molecule has 0 bridgehead atoms. The minimum absolute atomic E-state index is 0.276. The van der Waals surface area contributed by atoms with E-state index in [0.717, 1.165) is 12.8 Å². The summed E-state index contributed by atoms with van der Waals surface area (Å²) < 4.78 is 53.6. The molecule has 0 aromatic carbocycles. The van der Waals surface area contributed by atoms with E-state index in [9.17, 15) is 17.6 Å². The average Bonchev–Trinajstić information content (AvgIpc) is 2.34. The topological polar surface area (TPSA) is 16.1 Å². The zero-order chi connectivity index (χ0) is 14.6. The van der Waals surface area contributed by atoms with E-state index in [4.69, 9.17) is 0 Å². The van der Waals surface area contributed by atoms with E-state index in [0.29, 0.717) is 13.0 Å². The first-order chi connectivity index (χ1) is 8.90. The Bertz CT molecular complexity index is 409. The monoisotopic (exact) mass is 278 g/mol. The molecule has 0 saturated carbocycles. The number of rotatable bonds is 6. The highest BCUT2D eigenvalue weighted by atomic mass is 19.2. The average molecular weight is 278 g/mol. The minimum atomic E-state index is -1.62. The van der Waals surface area contributed by atoms with Crippen LogP contribution in [0, 0.1) is 23.5 Å². The van der Waals surface area contributed by atoms with Gasteiger partial charge in [-0.25, -0.2) is 0 Å². The Kier molecular flexibility index (Phi) is 5.57. The molecular weight excluding hydrogens is 260 g/mol. The first kappa shape index (κ1) is 15.7. The number of pyridine rings is 1.